The lowest BCUT2D eigenvalue weighted by molar-refractivity contribution is -0.159. The van der Waals surface area contributed by atoms with Gasteiger partial charge in [0.1, 0.15) is 6.10 Å². The molecule has 0 aromatic rings. The number of aliphatic hydroxyl groups excluding tert-OH is 1. The van der Waals surface area contributed by atoms with Gasteiger partial charge in [-0.15, -0.1) is 0 Å². The standard InChI is InChI=1S/C28H44O7S/c1-17(19(3)16-34-36(31,32)33)6-7-18(2)22-8-9-23-21-15-26(30)35-25-14-20(29)10-12-28(25,5)24(21)11-13-27(22,23)4/h15,18-20,22-25,29H,1,6-14,16H2,2-5H3,(H,31,32,33)/t18-,19?,20-,22-,23+,24+,25+,27-,28-/m1/s1. The third kappa shape index (κ3) is 5.33. The molecule has 3 aliphatic carbocycles. The molecule has 3 saturated carbocycles. The Balaban J connectivity index is 1.44. The molecule has 7 nitrogen and oxygen atoms in total. The van der Waals surface area contributed by atoms with Gasteiger partial charge in [-0.1, -0.05) is 45.4 Å². The molecule has 204 valence electrons. The maximum atomic E-state index is 12.9. The smallest absolute Gasteiger partial charge is 0.397 e. The Kier molecular flexibility index (Phi) is 7.84. The molecule has 1 aliphatic heterocycles. The van der Waals surface area contributed by atoms with Gasteiger partial charge < -0.3 is 9.84 Å². The number of esters is 1. The van der Waals surface area contributed by atoms with E-state index in [9.17, 15) is 18.3 Å². The monoisotopic (exact) mass is 524 g/mol. The molecule has 0 spiro atoms. The lowest BCUT2D eigenvalue weighted by atomic mass is 9.52. The Hall–Kier alpha value is -1.22. The van der Waals surface area contributed by atoms with E-state index in [1.807, 2.05) is 13.0 Å². The first-order chi connectivity index (χ1) is 16.7. The van der Waals surface area contributed by atoms with Gasteiger partial charge in [-0.25, -0.2) is 8.98 Å². The number of carbonyl (C=O) groups is 1. The van der Waals surface area contributed by atoms with Crippen LogP contribution in [0, 0.1) is 40.4 Å². The second-order valence-corrected chi connectivity index (χ2v) is 13.7. The second kappa shape index (κ2) is 10.2. The first-order valence-corrected chi connectivity index (χ1v) is 15.0. The number of hydrogen-bond donors (Lipinski definition) is 2. The molecule has 0 aromatic heterocycles. The van der Waals surface area contributed by atoms with Crippen LogP contribution in [0.5, 0.6) is 0 Å². The summed E-state index contributed by atoms with van der Waals surface area (Å²) >= 11 is 0. The second-order valence-electron chi connectivity index (χ2n) is 12.6. The molecule has 9 atom stereocenters. The van der Waals surface area contributed by atoms with E-state index in [1.54, 1.807) is 0 Å². The van der Waals surface area contributed by atoms with Crippen molar-refractivity contribution in [1.82, 2.24) is 0 Å². The summed E-state index contributed by atoms with van der Waals surface area (Å²) < 4.78 is 41.0. The molecule has 0 aromatic carbocycles. The number of rotatable bonds is 8. The van der Waals surface area contributed by atoms with Crippen LogP contribution in [0.2, 0.25) is 0 Å². The molecule has 0 radical (unpaired) electrons. The maximum Gasteiger partial charge on any atom is 0.397 e. The van der Waals surface area contributed by atoms with Crippen LogP contribution < -0.4 is 0 Å². The number of aliphatic hydroxyl groups is 1. The Labute approximate surface area is 216 Å². The molecule has 2 N–H and O–H groups in total. The van der Waals surface area contributed by atoms with Crippen molar-refractivity contribution >= 4 is 16.4 Å². The van der Waals surface area contributed by atoms with Crippen molar-refractivity contribution in [2.24, 2.45) is 40.4 Å². The third-order valence-corrected chi connectivity index (χ3v) is 11.0. The SMILES string of the molecule is C=C(CC[C@@H](C)[C@H]1CC[C@H]2C3=CC(=O)O[C@H]4C[C@H](O)CC[C@]4(C)[C@H]3CC[C@]12C)C(C)COS(=O)(=O)O. The number of fused-ring (bicyclic) bond motifs is 5. The quantitative estimate of drug-likeness (QED) is 0.253. The Morgan fingerprint density at radius 2 is 1.83 bits per heavy atom. The summed E-state index contributed by atoms with van der Waals surface area (Å²) in [5.74, 6) is 1.32. The molecular formula is C28H44O7S. The van der Waals surface area contributed by atoms with Crippen molar-refractivity contribution in [2.75, 3.05) is 6.61 Å². The van der Waals surface area contributed by atoms with Crippen molar-refractivity contribution in [2.45, 2.75) is 97.7 Å². The fourth-order valence-electron chi connectivity index (χ4n) is 8.21. The van der Waals surface area contributed by atoms with Crippen LogP contribution in [0.1, 0.15) is 85.5 Å². The molecular weight excluding hydrogens is 480 g/mol. The highest BCUT2D eigenvalue weighted by Crippen LogP contribution is 2.65. The number of ether oxygens (including phenoxy) is 1. The fourth-order valence-corrected chi connectivity index (χ4v) is 8.59. The topological polar surface area (TPSA) is 110 Å². The maximum absolute atomic E-state index is 12.9. The van der Waals surface area contributed by atoms with E-state index in [0.717, 1.165) is 56.9 Å². The molecule has 8 heteroatoms. The van der Waals surface area contributed by atoms with E-state index >= 15 is 0 Å². The van der Waals surface area contributed by atoms with Crippen LogP contribution in [-0.4, -0.2) is 42.9 Å². The molecule has 36 heavy (non-hydrogen) atoms. The van der Waals surface area contributed by atoms with E-state index in [2.05, 4.69) is 31.5 Å². The Bertz CT molecular complexity index is 1000. The highest BCUT2D eigenvalue weighted by Gasteiger charge is 2.58. The van der Waals surface area contributed by atoms with E-state index < -0.39 is 10.4 Å². The largest absolute Gasteiger partial charge is 0.459 e. The van der Waals surface area contributed by atoms with Gasteiger partial charge >= 0.3 is 16.4 Å². The number of carbonyl (C=O) groups excluding carboxylic acids is 1. The van der Waals surface area contributed by atoms with Gasteiger partial charge in [-0.05, 0) is 80.5 Å². The van der Waals surface area contributed by atoms with Crippen molar-refractivity contribution in [3.8, 4) is 0 Å². The van der Waals surface area contributed by atoms with Gasteiger partial charge in [-0.3, -0.25) is 4.55 Å². The predicted octanol–water partition coefficient (Wildman–Crippen LogP) is 5.26. The summed E-state index contributed by atoms with van der Waals surface area (Å²) in [5.41, 5.74) is 2.25. The van der Waals surface area contributed by atoms with Gasteiger partial charge in [0.25, 0.3) is 0 Å². The average Bonchev–Trinajstić information content (AvgIpc) is 3.10. The van der Waals surface area contributed by atoms with Crippen molar-refractivity contribution in [3.05, 3.63) is 23.8 Å². The summed E-state index contributed by atoms with van der Waals surface area (Å²) in [6.07, 6.45) is 9.56. The molecule has 4 aliphatic rings. The molecule has 0 bridgehead atoms. The van der Waals surface area contributed by atoms with Gasteiger partial charge in [0, 0.05) is 23.8 Å². The highest BCUT2D eigenvalue weighted by atomic mass is 32.3. The van der Waals surface area contributed by atoms with Crippen LogP contribution >= 0.6 is 0 Å². The lowest BCUT2D eigenvalue weighted by Gasteiger charge is -2.53. The fraction of sp³-hybridized carbons (Fsp3) is 0.821. The minimum atomic E-state index is -4.44. The molecule has 0 amide bonds. The molecule has 1 heterocycles. The Morgan fingerprint density at radius 1 is 1.17 bits per heavy atom. The molecule has 0 saturated heterocycles. The summed E-state index contributed by atoms with van der Waals surface area (Å²) in [5, 5.41) is 10.3. The zero-order valence-electron chi connectivity index (χ0n) is 22.2. The summed E-state index contributed by atoms with van der Waals surface area (Å²) in [4.78, 5) is 12.9. The minimum Gasteiger partial charge on any atom is -0.459 e. The van der Waals surface area contributed by atoms with E-state index in [4.69, 9.17) is 9.29 Å². The van der Waals surface area contributed by atoms with Crippen LogP contribution in [0.4, 0.5) is 0 Å². The number of allylic oxidation sites excluding steroid dienone is 1. The summed E-state index contributed by atoms with van der Waals surface area (Å²) in [6.45, 7) is 12.9. The first-order valence-electron chi connectivity index (χ1n) is 13.6. The summed E-state index contributed by atoms with van der Waals surface area (Å²) in [6, 6.07) is 0. The van der Waals surface area contributed by atoms with Crippen molar-refractivity contribution in [3.63, 3.8) is 0 Å². The average molecular weight is 525 g/mol. The van der Waals surface area contributed by atoms with E-state index in [1.165, 1.54) is 5.57 Å². The lowest BCUT2D eigenvalue weighted by Crippen LogP contribution is -2.50. The molecule has 1 unspecified atom stereocenters. The van der Waals surface area contributed by atoms with Crippen LogP contribution in [0.15, 0.2) is 23.8 Å². The van der Waals surface area contributed by atoms with Crippen LogP contribution in [-0.2, 0) is 24.1 Å². The highest BCUT2D eigenvalue weighted by molar-refractivity contribution is 7.80. The van der Waals surface area contributed by atoms with Gasteiger partial charge in [-0.2, -0.15) is 8.42 Å². The zero-order valence-corrected chi connectivity index (χ0v) is 23.1. The van der Waals surface area contributed by atoms with Crippen molar-refractivity contribution < 1.29 is 31.8 Å². The zero-order chi connectivity index (χ0) is 26.5. The molecule has 4 rings (SSSR count). The minimum absolute atomic E-state index is 0.0995. The van der Waals surface area contributed by atoms with Gasteiger partial charge in [0.2, 0.25) is 0 Å². The Morgan fingerprint density at radius 3 is 2.53 bits per heavy atom. The van der Waals surface area contributed by atoms with Crippen LogP contribution in [0.25, 0.3) is 0 Å². The van der Waals surface area contributed by atoms with Gasteiger partial charge in [0.15, 0.2) is 0 Å². The van der Waals surface area contributed by atoms with E-state index in [-0.39, 0.29) is 41.5 Å². The summed E-state index contributed by atoms with van der Waals surface area (Å²) in [7, 11) is -4.44. The normalized spacial score (nSPS) is 40.1. The predicted molar refractivity (Wildman–Crippen MR) is 137 cm³/mol. The number of hydrogen-bond acceptors (Lipinski definition) is 6. The van der Waals surface area contributed by atoms with Crippen molar-refractivity contribution in [1.29, 1.82) is 0 Å². The molecule has 3 fully saturated rings. The first kappa shape index (κ1) is 27.8. The van der Waals surface area contributed by atoms with Crippen LogP contribution in [0.3, 0.4) is 0 Å². The van der Waals surface area contributed by atoms with E-state index in [0.29, 0.717) is 30.1 Å². The van der Waals surface area contributed by atoms with Gasteiger partial charge in [0.05, 0.1) is 12.7 Å². The third-order valence-electron chi connectivity index (χ3n) is 10.5.